The molecule has 2 heterocycles. The third-order valence-electron chi connectivity index (χ3n) is 4.90. The second kappa shape index (κ2) is 12.4. The number of nitriles is 1. The topological polar surface area (TPSA) is 99.9 Å². The Morgan fingerprint density at radius 3 is 2.79 bits per heavy atom. The molecular formula is C26H26ClN5O2. The number of amides is 1. The van der Waals surface area contributed by atoms with Gasteiger partial charge in [0, 0.05) is 24.0 Å². The van der Waals surface area contributed by atoms with Crippen molar-refractivity contribution in [1.82, 2.24) is 9.97 Å². The van der Waals surface area contributed by atoms with Crippen LogP contribution in [-0.4, -0.2) is 22.5 Å². The quantitative estimate of drug-likeness (QED) is 0.264. The summed E-state index contributed by atoms with van der Waals surface area (Å²) in [4.78, 5) is 21.1. The van der Waals surface area contributed by atoms with Gasteiger partial charge in [-0.2, -0.15) is 5.26 Å². The first-order valence-corrected chi connectivity index (χ1v) is 11.4. The van der Waals surface area contributed by atoms with E-state index < -0.39 is 0 Å². The summed E-state index contributed by atoms with van der Waals surface area (Å²) in [6, 6.07) is 12.7. The molecule has 3 aromatic rings. The number of unbranched alkanes of at least 4 members (excludes halogenated alkanes) is 2. The lowest BCUT2D eigenvalue weighted by molar-refractivity contribution is -0.111. The Hall–Kier alpha value is -3.89. The predicted molar refractivity (Wildman–Crippen MR) is 135 cm³/mol. The Balaban J connectivity index is 1.73. The molecule has 7 nitrogen and oxygen atoms in total. The molecule has 0 aliphatic rings. The van der Waals surface area contributed by atoms with Crippen molar-refractivity contribution in [2.45, 2.75) is 33.1 Å². The lowest BCUT2D eigenvalue weighted by Gasteiger charge is -2.12. The van der Waals surface area contributed by atoms with E-state index in [4.69, 9.17) is 21.6 Å². The van der Waals surface area contributed by atoms with Crippen LogP contribution in [0.1, 0.15) is 42.9 Å². The fourth-order valence-corrected chi connectivity index (χ4v) is 3.32. The van der Waals surface area contributed by atoms with E-state index in [0.717, 1.165) is 36.1 Å². The summed E-state index contributed by atoms with van der Waals surface area (Å²) in [6.45, 7) is 4.77. The Morgan fingerprint density at radius 2 is 2.06 bits per heavy atom. The van der Waals surface area contributed by atoms with E-state index in [2.05, 4.69) is 27.5 Å². The number of pyridine rings is 2. The van der Waals surface area contributed by atoms with Crippen molar-refractivity contribution in [3.8, 4) is 11.8 Å². The van der Waals surface area contributed by atoms with Gasteiger partial charge < -0.3 is 15.4 Å². The zero-order chi connectivity index (χ0) is 24.3. The SMILES string of the molecule is CCCCCOc1c(C)cccc1C=CC(=O)Nc1cc(Cl)cnc1Nc1ccc(C#N)cn1. The van der Waals surface area contributed by atoms with E-state index in [1.807, 2.05) is 31.2 Å². The molecule has 0 saturated heterocycles. The van der Waals surface area contributed by atoms with Crippen molar-refractivity contribution < 1.29 is 9.53 Å². The Labute approximate surface area is 204 Å². The molecule has 0 radical (unpaired) electrons. The van der Waals surface area contributed by atoms with E-state index in [9.17, 15) is 4.79 Å². The average molecular weight is 476 g/mol. The maximum absolute atomic E-state index is 12.7. The lowest BCUT2D eigenvalue weighted by atomic mass is 10.1. The van der Waals surface area contributed by atoms with Gasteiger partial charge in [0.2, 0.25) is 5.91 Å². The highest BCUT2D eigenvalue weighted by Crippen LogP contribution is 2.27. The molecule has 1 aromatic carbocycles. The number of carbonyl (C=O) groups is 1. The van der Waals surface area contributed by atoms with Crippen molar-refractivity contribution in [2.24, 2.45) is 0 Å². The van der Waals surface area contributed by atoms with Crippen LogP contribution in [0.3, 0.4) is 0 Å². The summed E-state index contributed by atoms with van der Waals surface area (Å²) in [5, 5.41) is 15.1. The van der Waals surface area contributed by atoms with Gasteiger partial charge in [0.1, 0.15) is 17.6 Å². The van der Waals surface area contributed by atoms with Crippen molar-refractivity contribution in [1.29, 1.82) is 5.26 Å². The molecule has 0 aliphatic carbocycles. The molecule has 2 aromatic heterocycles. The first kappa shape index (κ1) is 24.7. The maximum atomic E-state index is 12.7. The van der Waals surface area contributed by atoms with Crippen LogP contribution in [-0.2, 0) is 4.79 Å². The molecule has 1 amide bonds. The number of aryl methyl sites for hydroxylation is 1. The van der Waals surface area contributed by atoms with Gasteiger partial charge in [0.15, 0.2) is 5.82 Å². The largest absolute Gasteiger partial charge is 0.493 e. The van der Waals surface area contributed by atoms with Crippen LogP contribution in [0.15, 0.2) is 54.9 Å². The zero-order valence-corrected chi connectivity index (χ0v) is 19.9. The molecule has 0 spiro atoms. The van der Waals surface area contributed by atoms with E-state index >= 15 is 0 Å². The second-order valence-electron chi connectivity index (χ2n) is 7.59. The number of hydrogen-bond acceptors (Lipinski definition) is 6. The molecule has 0 saturated carbocycles. The molecule has 8 heteroatoms. The van der Waals surface area contributed by atoms with Gasteiger partial charge in [-0.25, -0.2) is 9.97 Å². The molecule has 3 rings (SSSR count). The van der Waals surface area contributed by atoms with E-state index in [1.165, 1.54) is 18.5 Å². The molecule has 0 fully saturated rings. The molecule has 0 unspecified atom stereocenters. The van der Waals surface area contributed by atoms with Crippen LogP contribution in [0.4, 0.5) is 17.3 Å². The minimum atomic E-state index is -0.349. The summed E-state index contributed by atoms with van der Waals surface area (Å²) in [5.41, 5.74) is 2.68. The summed E-state index contributed by atoms with van der Waals surface area (Å²) in [7, 11) is 0. The number of rotatable bonds is 10. The van der Waals surface area contributed by atoms with Crippen molar-refractivity contribution in [2.75, 3.05) is 17.2 Å². The number of benzene rings is 1. The highest BCUT2D eigenvalue weighted by molar-refractivity contribution is 6.31. The van der Waals surface area contributed by atoms with Crippen LogP contribution in [0.25, 0.3) is 6.08 Å². The van der Waals surface area contributed by atoms with Crippen LogP contribution < -0.4 is 15.4 Å². The summed E-state index contributed by atoms with van der Waals surface area (Å²) in [6.07, 6.45) is 9.31. The molecule has 174 valence electrons. The van der Waals surface area contributed by atoms with Gasteiger partial charge in [-0.15, -0.1) is 0 Å². The third-order valence-corrected chi connectivity index (χ3v) is 5.11. The zero-order valence-electron chi connectivity index (χ0n) is 19.1. The number of nitrogens with zero attached hydrogens (tertiary/aromatic N) is 3. The highest BCUT2D eigenvalue weighted by Gasteiger charge is 2.10. The van der Waals surface area contributed by atoms with Crippen LogP contribution in [0.5, 0.6) is 5.75 Å². The Morgan fingerprint density at radius 1 is 1.21 bits per heavy atom. The third kappa shape index (κ3) is 7.06. The number of ether oxygens (including phenoxy) is 1. The number of carbonyl (C=O) groups excluding carboxylic acids is 1. The summed E-state index contributed by atoms with van der Waals surface area (Å²) in [5.74, 6) is 1.28. The minimum Gasteiger partial charge on any atom is -0.493 e. The van der Waals surface area contributed by atoms with Gasteiger partial charge in [-0.05, 0) is 43.2 Å². The Kier molecular flexibility index (Phi) is 9.01. The molecule has 2 N–H and O–H groups in total. The number of hydrogen-bond donors (Lipinski definition) is 2. The fourth-order valence-electron chi connectivity index (χ4n) is 3.16. The number of nitrogens with one attached hydrogen (secondary N) is 2. The van der Waals surface area contributed by atoms with E-state index in [1.54, 1.807) is 24.3 Å². The van der Waals surface area contributed by atoms with Crippen molar-refractivity contribution >= 4 is 40.9 Å². The molecule has 0 atom stereocenters. The number of para-hydroxylation sites is 1. The van der Waals surface area contributed by atoms with E-state index in [0.29, 0.717) is 34.5 Å². The van der Waals surface area contributed by atoms with Crippen molar-refractivity contribution in [3.63, 3.8) is 0 Å². The fraction of sp³-hybridized carbons (Fsp3) is 0.231. The monoisotopic (exact) mass is 475 g/mol. The number of halogens is 1. The summed E-state index contributed by atoms with van der Waals surface area (Å²) < 4.78 is 5.99. The van der Waals surface area contributed by atoms with Crippen molar-refractivity contribution in [3.05, 3.63) is 76.6 Å². The van der Waals surface area contributed by atoms with Gasteiger partial charge >= 0.3 is 0 Å². The van der Waals surface area contributed by atoms with Gasteiger partial charge in [0.05, 0.1) is 22.9 Å². The second-order valence-corrected chi connectivity index (χ2v) is 8.03. The van der Waals surface area contributed by atoms with Gasteiger partial charge in [0.25, 0.3) is 0 Å². The average Bonchev–Trinajstić information content (AvgIpc) is 2.83. The van der Waals surface area contributed by atoms with Gasteiger partial charge in [-0.3, -0.25) is 4.79 Å². The number of aromatic nitrogens is 2. The minimum absolute atomic E-state index is 0.349. The normalized spacial score (nSPS) is 10.6. The first-order chi connectivity index (χ1) is 16.5. The first-order valence-electron chi connectivity index (χ1n) is 11.0. The van der Waals surface area contributed by atoms with Crippen LogP contribution in [0, 0.1) is 18.3 Å². The van der Waals surface area contributed by atoms with E-state index in [-0.39, 0.29) is 5.91 Å². The standard InChI is InChI=1S/C26H26ClN5O2/c1-3-4-5-13-34-25-18(2)7-6-8-20(25)10-12-24(33)31-22-14-21(27)17-30-26(22)32-23-11-9-19(15-28)16-29-23/h6-12,14,16-17H,3-5,13H2,1-2H3,(H,31,33)(H,29,30,32). The molecular weight excluding hydrogens is 450 g/mol. The van der Waals surface area contributed by atoms with Crippen LogP contribution in [0.2, 0.25) is 5.02 Å². The summed E-state index contributed by atoms with van der Waals surface area (Å²) >= 11 is 6.10. The highest BCUT2D eigenvalue weighted by atomic mass is 35.5. The molecule has 0 aliphatic heterocycles. The predicted octanol–water partition coefficient (Wildman–Crippen LogP) is 6.27. The number of anilines is 3. The van der Waals surface area contributed by atoms with Crippen LogP contribution >= 0.6 is 11.6 Å². The Bertz CT molecular complexity index is 1200. The smallest absolute Gasteiger partial charge is 0.248 e. The lowest BCUT2D eigenvalue weighted by Crippen LogP contribution is -2.11. The molecule has 34 heavy (non-hydrogen) atoms. The maximum Gasteiger partial charge on any atom is 0.248 e. The molecule has 0 bridgehead atoms. The van der Waals surface area contributed by atoms with Gasteiger partial charge in [-0.1, -0.05) is 49.6 Å².